The standard InChI is InChI=1S/C15H22BrFN2O/c1-10-8-19(9-15(2,3)20-10)14(7-18)12-5-4-11(16)6-13(12)17/h4-6,10,14H,7-9,18H2,1-3H3. The first kappa shape index (κ1) is 15.9. The summed E-state index contributed by atoms with van der Waals surface area (Å²) in [4.78, 5) is 2.22. The van der Waals surface area contributed by atoms with Crippen LogP contribution in [0.3, 0.4) is 0 Å². The molecule has 0 aromatic heterocycles. The molecule has 1 aromatic carbocycles. The Bertz CT molecular complexity index is 481. The fourth-order valence-corrected chi connectivity index (χ4v) is 3.32. The maximum atomic E-state index is 14.2. The zero-order valence-corrected chi connectivity index (χ0v) is 13.8. The van der Waals surface area contributed by atoms with Crippen LogP contribution in [0.4, 0.5) is 4.39 Å². The fourth-order valence-electron chi connectivity index (χ4n) is 2.98. The fraction of sp³-hybridized carbons (Fsp3) is 0.600. The Kier molecular flexibility index (Phi) is 4.84. The molecule has 0 radical (unpaired) electrons. The Labute approximate surface area is 128 Å². The van der Waals surface area contributed by atoms with Crippen molar-refractivity contribution >= 4 is 15.9 Å². The van der Waals surface area contributed by atoms with Gasteiger partial charge in [-0.1, -0.05) is 22.0 Å². The summed E-state index contributed by atoms with van der Waals surface area (Å²) in [6.07, 6.45) is 0.117. The van der Waals surface area contributed by atoms with Gasteiger partial charge in [-0.15, -0.1) is 0 Å². The van der Waals surface area contributed by atoms with Crippen LogP contribution in [-0.2, 0) is 4.74 Å². The van der Waals surface area contributed by atoms with E-state index < -0.39 is 0 Å². The number of nitrogens with zero attached hydrogens (tertiary/aromatic N) is 1. The molecule has 0 aliphatic carbocycles. The van der Waals surface area contributed by atoms with Crippen LogP contribution in [0.5, 0.6) is 0 Å². The zero-order valence-electron chi connectivity index (χ0n) is 12.2. The second kappa shape index (κ2) is 6.10. The van der Waals surface area contributed by atoms with E-state index in [1.165, 1.54) is 6.07 Å². The van der Waals surface area contributed by atoms with Crippen LogP contribution in [0.1, 0.15) is 32.4 Å². The monoisotopic (exact) mass is 344 g/mol. The number of rotatable bonds is 3. The van der Waals surface area contributed by atoms with E-state index in [4.69, 9.17) is 10.5 Å². The molecule has 2 unspecified atom stereocenters. The van der Waals surface area contributed by atoms with Crippen molar-refractivity contribution in [1.29, 1.82) is 0 Å². The number of nitrogens with two attached hydrogens (primary N) is 1. The highest BCUT2D eigenvalue weighted by Gasteiger charge is 2.35. The lowest BCUT2D eigenvalue weighted by molar-refractivity contribution is -0.138. The Balaban J connectivity index is 2.27. The molecular weight excluding hydrogens is 323 g/mol. The first-order chi connectivity index (χ1) is 9.32. The van der Waals surface area contributed by atoms with Crippen molar-refractivity contribution in [2.75, 3.05) is 19.6 Å². The number of hydrogen-bond donors (Lipinski definition) is 1. The quantitative estimate of drug-likeness (QED) is 0.915. The Morgan fingerprint density at radius 2 is 2.25 bits per heavy atom. The van der Waals surface area contributed by atoms with Crippen LogP contribution < -0.4 is 5.73 Å². The van der Waals surface area contributed by atoms with E-state index in [-0.39, 0.29) is 23.6 Å². The number of halogens is 2. The minimum Gasteiger partial charge on any atom is -0.370 e. The van der Waals surface area contributed by atoms with E-state index in [1.54, 1.807) is 0 Å². The van der Waals surface area contributed by atoms with Gasteiger partial charge in [-0.2, -0.15) is 0 Å². The lowest BCUT2D eigenvalue weighted by atomic mass is 9.99. The van der Waals surface area contributed by atoms with Crippen molar-refractivity contribution in [3.63, 3.8) is 0 Å². The first-order valence-electron chi connectivity index (χ1n) is 6.89. The second-order valence-corrected chi connectivity index (χ2v) is 6.95. The smallest absolute Gasteiger partial charge is 0.129 e. The molecule has 1 aliphatic rings. The molecular formula is C15H22BrFN2O. The summed E-state index contributed by atoms with van der Waals surface area (Å²) >= 11 is 3.29. The van der Waals surface area contributed by atoms with Crippen LogP contribution in [0.2, 0.25) is 0 Å². The molecule has 1 heterocycles. The lowest BCUT2D eigenvalue weighted by Crippen LogP contribution is -2.54. The maximum absolute atomic E-state index is 14.2. The van der Waals surface area contributed by atoms with Gasteiger partial charge in [0, 0.05) is 29.7 Å². The number of hydrogen-bond acceptors (Lipinski definition) is 3. The largest absolute Gasteiger partial charge is 0.370 e. The van der Waals surface area contributed by atoms with E-state index in [9.17, 15) is 4.39 Å². The van der Waals surface area contributed by atoms with E-state index >= 15 is 0 Å². The van der Waals surface area contributed by atoms with Crippen molar-refractivity contribution in [2.45, 2.75) is 38.5 Å². The zero-order chi connectivity index (χ0) is 14.9. The number of morpholine rings is 1. The van der Waals surface area contributed by atoms with Crippen molar-refractivity contribution in [3.8, 4) is 0 Å². The third-order valence-electron chi connectivity index (χ3n) is 3.58. The van der Waals surface area contributed by atoms with Gasteiger partial charge in [0.05, 0.1) is 17.7 Å². The summed E-state index contributed by atoms with van der Waals surface area (Å²) in [5, 5.41) is 0. The van der Waals surface area contributed by atoms with Crippen molar-refractivity contribution in [2.24, 2.45) is 5.73 Å². The van der Waals surface area contributed by atoms with E-state index in [2.05, 4.69) is 34.7 Å². The maximum Gasteiger partial charge on any atom is 0.129 e. The van der Waals surface area contributed by atoms with Gasteiger partial charge < -0.3 is 10.5 Å². The molecule has 0 saturated carbocycles. The molecule has 3 nitrogen and oxygen atoms in total. The predicted molar refractivity (Wildman–Crippen MR) is 82.1 cm³/mol. The molecule has 1 fully saturated rings. The average Bonchev–Trinajstić information content (AvgIpc) is 2.30. The van der Waals surface area contributed by atoms with Gasteiger partial charge >= 0.3 is 0 Å². The Morgan fingerprint density at radius 1 is 1.55 bits per heavy atom. The number of benzene rings is 1. The Morgan fingerprint density at radius 3 is 2.80 bits per heavy atom. The van der Waals surface area contributed by atoms with Gasteiger partial charge in [0.1, 0.15) is 5.82 Å². The third-order valence-corrected chi connectivity index (χ3v) is 4.07. The molecule has 0 spiro atoms. The summed E-state index contributed by atoms with van der Waals surface area (Å²) in [6.45, 7) is 8.05. The molecule has 1 aliphatic heterocycles. The van der Waals surface area contributed by atoms with Crippen molar-refractivity contribution in [1.82, 2.24) is 4.90 Å². The normalized spacial score (nSPS) is 24.6. The van der Waals surface area contributed by atoms with Crippen LogP contribution in [0.25, 0.3) is 0 Å². The average molecular weight is 345 g/mol. The van der Waals surface area contributed by atoms with Gasteiger partial charge in [-0.25, -0.2) is 4.39 Å². The van der Waals surface area contributed by atoms with E-state index in [0.717, 1.165) is 17.6 Å². The van der Waals surface area contributed by atoms with Crippen molar-refractivity contribution < 1.29 is 9.13 Å². The van der Waals surface area contributed by atoms with Gasteiger partial charge in [0.15, 0.2) is 0 Å². The highest BCUT2D eigenvalue weighted by molar-refractivity contribution is 9.10. The summed E-state index contributed by atoms with van der Waals surface area (Å²) < 4.78 is 20.8. The van der Waals surface area contributed by atoms with Crippen LogP contribution in [-0.4, -0.2) is 36.2 Å². The van der Waals surface area contributed by atoms with Gasteiger partial charge in [0.2, 0.25) is 0 Å². The SMILES string of the molecule is CC1CN(C(CN)c2ccc(Br)cc2F)CC(C)(C)O1. The van der Waals surface area contributed by atoms with Crippen molar-refractivity contribution in [3.05, 3.63) is 34.1 Å². The molecule has 0 amide bonds. The predicted octanol–water partition coefficient (Wildman–Crippen LogP) is 3.09. The van der Waals surface area contributed by atoms with Gasteiger partial charge in [-0.05, 0) is 32.9 Å². The minimum atomic E-state index is -0.239. The molecule has 0 bridgehead atoms. The molecule has 1 saturated heterocycles. The van der Waals surface area contributed by atoms with Crippen LogP contribution in [0.15, 0.2) is 22.7 Å². The first-order valence-corrected chi connectivity index (χ1v) is 7.68. The van der Waals surface area contributed by atoms with Gasteiger partial charge in [-0.3, -0.25) is 4.90 Å². The molecule has 5 heteroatoms. The van der Waals surface area contributed by atoms with Crippen LogP contribution in [0, 0.1) is 5.82 Å². The molecule has 1 aromatic rings. The summed E-state index contributed by atoms with van der Waals surface area (Å²) in [5.74, 6) is -0.216. The molecule has 2 N–H and O–H groups in total. The summed E-state index contributed by atoms with van der Waals surface area (Å²) in [6, 6.07) is 5.04. The molecule has 112 valence electrons. The molecule has 20 heavy (non-hydrogen) atoms. The highest BCUT2D eigenvalue weighted by Crippen LogP contribution is 2.30. The molecule has 2 rings (SSSR count). The van der Waals surface area contributed by atoms with E-state index in [1.807, 2.05) is 19.1 Å². The summed E-state index contributed by atoms with van der Waals surface area (Å²) in [5.41, 5.74) is 6.33. The highest BCUT2D eigenvalue weighted by atomic mass is 79.9. The second-order valence-electron chi connectivity index (χ2n) is 6.03. The lowest BCUT2D eigenvalue weighted by Gasteiger charge is -2.45. The summed E-state index contributed by atoms with van der Waals surface area (Å²) in [7, 11) is 0. The Hall–Kier alpha value is -0.490. The van der Waals surface area contributed by atoms with Crippen LogP contribution >= 0.6 is 15.9 Å². The molecule has 2 atom stereocenters. The topological polar surface area (TPSA) is 38.5 Å². The van der Waals surface area contributed by atoms with Gasteiger partial charge in [0.25, 0.3) is 0 Å². The minimum absolute atomic E-state index is 0.117. The third kappa shape index (κ3) is 3.58. The van der Waals surface area contributed by atoms with E-state index in [0.29, 0.717) is 12.1 Å². The number of ether oxygens (including phenoxy) is 1.